The number of thiophene rings is 1. The number of benzene rings is 1. The van der Waals surface area contributed by atoms with Gasteiger partial charge in [-0.1, -0.05) is 30.3 Å². The summed E-state index contributed by atoms with van der Waals surface area (Å²) in [5.74, 6) is 0.783. The summed E-state index contributed by atoms with van der Waals surface area (Å²) in [5, 5.41) is 4.04. The molecule has 0 radical (unpaired) electrons. The van der Waals surface area contributed by atoms with Gasteiger partial charge in [-0.15, -0.1) is 23.7 Å². The van der Waals surface area contributed by atoms with Crippen LogP contribution in [0.25, 0.3) is 10.1 Å². The first-order chi connectivity index (χ1) is 14.0. The molecule has 10 heteroatoms. The summed E-state index contributed by atoms with van der Waals surface area (Å²) in [4.78, 5) is 6.48. The number of nitrogens with one attached hydrogen (secondary N) is 1. The third-order valence-electron chi connectivity index (χ3n) is 4.58. The number of pyridine rings is 1. The molecule has 4 rings (SSSR count). The predicted octanol–water partition coefficient (Wildman–Crippen LogP) is 2.95. The van der Waals surface area contributed by atoms with Crippen molar-refractivity contribution >= 4 is 49.8 Å². The lowest BCUT2D eigenvalue weighted by atomic mass is 10.1. The zero-order chi connectivity index (χ0) is 20.7. The van der Waals surface area contributed by atoms with Crippen molar-refractivity contribution in [3.05, 3.63) is 54.2 Å². The standard InChI is InChI=1S/C11H13N3O3S2.C9H13N.ClH/c15-19(16,17)10-7-8-9(18-10)1-2-13-11(8)14-5-3-12-4-6-14;10-8-4-7-9-5-2-1-3-6-9;/h1-2,7,12H,3-6H2,(H,15,16,17);1-3,5-6H,4,7-8,10H2;1H. The van der Waals surface area contributed by atoms with Gasteiger partial charge >= 0.3 is 10.1 Å². The van der Waals surface area contributed by atoms with Gasteiger partial charge in [0.1, 0.15) is 10.0 Å². The number of nitrogens with zero attached hydrogens (tertiary/aromatic N) is 2. The monoisotopic (exact) mass is 470 g/mol. The second-order valence-corrected chi connectivity index (χ2v) is 9.43. The molecule has 0 bridgehead atoms. The van der Waals surface area contributed by atoms with E-state index < -0.39 is 10.1 Å². The molecule has 4 N–H and O–H groups in total. The van der Waals surface area contributed by atoms with E-state index in [9.17, 15) is 8.42 Å². The van der Waals surface area contributed by atoms with Gasteiger partial charge in [0.2, 0.25) is 0 Å². The van der Waals surface area contributed by atoms with Crippen molar-refractivity contribution < 1.29 is 13.0 Å². The average molecular weight is 471 g/mol. The summed E-state index contributed by atoms with van der Waals surface area (Å²) in [6, 6.07) is 13.7. The molecule has 3 aromatic rings. The molecule has 2 aromatic heterocycles. The van der Waals surface area contributed by atoms with E-state index in [0.29, 0.717) is 0 Å². The predicted molar refractivity (Wildman–Crippen MR) is 126 cm³/mol. The van der Waals surface area contributed by atoms with Gasteiger partial charge in [0.25, 0.3) is 0 Å². The van der Waals surface area contributed by atoms with E-state index >= 15 is 0 Å². The van der Waals surface area contributed by atoms with Gasteiger partial charge in [0.05, 0.1) is 0 Å². The van der Waals surface area contributed by atoms with Gasteiger partial charge in [0, 0.05) is 42.5 Å². The van der Waals surface area contributed by atoms with Crippen LogP contribution in [0, 0.1) is 0 Å². The maximum atomic E-state index is 11.2. The molecule has 30 heavy (non-hydrogen) atoms. The SMILES string of the molecule is Cl.NCCCc1ccccc1.O=S(=O)(O)c1cc2c(N3CCNCC3)nccc2s1. The largest absolute Gasteiger partial charge is 0.354 e. The molecule has 0 unspecified atom stereocenters. The zero-order valence-corrected chi connectivity index (χ0v) is 19.0. The molecule has 1 fully saturated rings. The third-order valence-corrected chi connectivity index (χ3v) is 6.99. The van der Waals surface area contributed by atoms with Crippen LogP contribution >= 0.6 is 23.7 Å². The number of aromatic nitrogens is 1. The first kappa shape index (κ1) is 24.5. The maximum Gasteiger partial charge on any atom is 0.304 e. The molecule has 1 aliphatic heterocycles. The highest BCUT2D eigenvalue weighted by Gasteiger charge is 2.19. The number of halogens is 1. The van der Waals surface area contributed by atoms with E-state index in [0.717, 1.165) is 72.8 Å². The van der Waals surface area contributed by atoms with Gasteiger partial charge in [-0.2, -0.15) is 8.42 Å². The Morgan fingerprint density at radius 1 is 1.17 bits per heavy atom. The number of hydrogen-bond donors (Lipinski definition) is 3. The van der Waals surface area contributed by atoms with Crippen molar-refractivity contribution in [1.82, 2.24) is 10.3 Å². The number of rotatable bonds is 5. The van der Waals surface area contributed by atoms with E-state index in [1.165, 1.54) is 11.6 Å². The van der Waals surface area contributed by atoms with Crippen LogP contribution in [0.3, 0.4) is 0 Å². The Kier molecular flexibility index (Phi) is 9.47. The van der Waals surface area contributed by atoms with Gasteiger partial charge < -0.3 is 16.0 Å². The first-order valence-corrected chi connectivity index (χ1v) is 11.8. The van der Waals surface area contributed by atoms with Crippen LogP contribution in [0.5, 0.6) is 0 Å². The van der Waals surface area contributed by atoms with Crippen molar-refractivity contribution in [2.75, 3.05) is 37.6 Å². The van der Waals surface area contributed by atoms with Crippen LogP contribution in [0.2, 0.25) is 0 Å². The Bertz CT molecular complexity index is 1020. The average Bonchev–Trinajstić information content (AvgIpc) is 3.19. The molecule has 3 heterocycles. The van der Waals surface area contributed by atoms with Crippen molar-refractivity contribution in [1.29, 1.82) is 0 Å². The van der Waals surface area contributed by atoms with Crippen LogP contribution in [0.15, 0.2) is 52.9 Å². The highest BCUT2D eigenvalue weighted by Crippen LogP contribution is 2.34. The Morgan fingerprint density at radius 3 is 2.50 bits per heavy atom. The maximum absolute atomic E-state index is 11.2. The van der Waals surface area contributed by atoms with Gasteiger partial charge in [-0.25, -0.2) is 4.98 Å². The zero-order valence-electron chi connectivity index (χ0n) is 16.5. The van der Waals surface area contributed by atoms with Crippen molar-refractivity contribution in [2.45, 2.75) is 17.1 Å². The van der Waals surface area contributed by atoms with Crippen molar-refractivity contribution in [3.8, 4) is 0 Å². The van der Waals surface area contributed by atoms with E-state index in [-0.39, 0.29) is 16.6 Å². The molecular weight excluding hydrogens is 444 g/mol. The first-order valence-electron chi connectivity index (χ1n) is 9.55. The fourth-order valence-corrected chi connectivity index (χ4v) is 4.87. The summed E-state index contributed by atoms with van der Waals surface area (Å²) >= 11 is 1.06. The Labute approximate surface area is 187 Å². The van der Waals surface area contributed by atoms with Crippen molar-refractivity contribution in [3.63, 3.8) is 0 Å². The van der Waals surface area contributed by atoms with E-state index in [1.807, 2.05) is 6.07 Å². The number of anilines is 1. The molecule has 1 aromatic carbocycles. The lowest BCUT2D eigenvalue weighted by Gasteiger charge is -2.28. The number of fused-ring (bicyclic) bond motifs is 1. The molecule has 1 saturated heterocycles. The van der Waals surface area contributed by atoms with Crippen LogP contribution < -0.4 is 16.0 Å². The summed E-state index contributed by atoms with van der Waals surface area (Å²) in [7, 11) is -4.15. The summed E-state index contributed by atoms with van der Waals surface area (Å²) in [5.41, 5.74) is 6.76. The highest BCUT2D eigenvalue weighted by molar-refractivity contribution is 7.88. The van der Waals surface area contributed by atoms with Gasteiger partial charge in [0.15, 0.2) is 0 Å². The topological polar surface area (TPSA) is 109 Å². The fraction of sp³-hybridized carbons (Fsp3) is 0.350. The summed E-state index contributed by atoms with van der Waals surface area (Å²) < 4.78 is 32.3. The second-order valence-electron chi connectivity index (χ2n) is 6.70. The minimum atomic E-state index is -4.15. The molecule has 0 amide bonds. The Morgan fingerprint density at radius 2 is 1.87 bits per heavy atom. The molecule has 0 saturated carbocycles. The van der Waals surface area contributed by atoms with E-state index in [2.05, 4.69) is 39.5 Å². The third kappa shape index (κ3) is 6.63. The second kappa shape index (κ2) is 11.6. The van der Waals surface area contributed by atoms with Crippen LogP contribution in [-0.2, 0) is 16.5 Å². The smallest absolute Gasteiger partial charge is 0.304 e. The molecule has 164 valence electrons. The molecular formula is C20H27ClN4O3S2. The molecule has 7 nitrogen and oxygen atoms in total. The Hall–Kier alpha value is -1.75. The molecule has 0 aliphatic carbocycles. The van der Waals surface area contributed by atoms with E-state index in [1.54, 1.807) is 12.3 Å². The molecule has 1 aliphatic rings. The van der Waals surface area contributed by atoms with Crippen molar-refractivity contribution in [2.24, 2.45) is 5.73 Å². The number of aryl methyl sites for hydroxylation is 1. The van der Waals surface area contributed by atoms with Crippen LogP contribution in [0.4, 0.5) is 5.82 Å². The number of piperazine rings is 1. The molecule has 0 atom stereocenters. The molecule has 0 spiro atoms. The lowest BCUT2D eigenvalue weighted by molar-refractivity contribution is 0.485. The van der Waals surface area contributed by atoms with E-state index in [4.69, 9.17) is 10.3 Å². The van der Waals surface area contributed by atoms with Crippen LogP contribution in [-0.4, -0.2) is 50.7 Å². The van der Waals surface area contributed by atoms with Crippen LogP contribution in [0.1, 0.15) is 12.0 Å². The minimum absolute atomic E-state index is 0. The highest BCUT2D eigenvalue weighted by atomic mass is 35.5. The normalized spacial score (nSPS) is 14.0. The van der Waals surface area contributed by atoms with Gasteiger partial charge in [-0.3, -0.25) is 4.55 Å². The number of nitrogens with two attached hydrogens (primary N) is 1. The quantitative estimate of drug-likeness (QED) is 0.492. The number of hydrogen-bond acceptors (Lipinski definition) is 7. The fourth-order valence-electron chi connectivity index (χ4n) is 3.13. The summed E-state index contributed by atoms with van der Waals surface area (Å²) in [6.45, 7) is 4.22. The lowest BCUT2D eigenvalue weighted by Crippen LogP contribution is -2.43. The Balaban J connectivity index is 0.000000249. The summed E-state index contributed by atoms with van der Waals surface area (Å²) in [6.07, 6.45) is 3.87. The van der Waals surface area contributed by atoms with Gasteiger partial charge in [-0.05, 0) is 37.1 Å². The minimum Gasteiger partial charge on any atom is -0.354 e.